The molecule has 2 rings (SSSR count). The van der Waals surface area contributed by atoms with E-state index in [0.717, 1.165) is 13.0 Å². The molecule has 0 spiro atoms. The van der Waals surface area contributed by atoms with E-state index >= 15 is 0 Å². The summed E-state index contributed by atoms with van der Waals surface area (Å²) in [6, 6.07) is 5.12. The Balaban J connectivity index is 2.16. The van der Waals surface area contributed by atoms with Gasteiger partial charge < -0.3 is 9.73 Å². The fraction of sp³-hybridized carbons (Fsp3) is 0.385. The van der Waals surface area contributed by atoms with Gasteiger partial charge in [0.15, 0.2) is 0 Å². The predicted molar refractivity (Wildman–Crippen MR) is 66.4 cm³/mol. The minimum atomic E-state index is -0.311. The first kappa shape index (κ1) is 12.7. The van der Waals surface area contributed by atoms with Crippen LogP contribution in [0.25, 0.3) is 11.5 Å². The van der Waals surface area contributed by atoms with Crippen molar-refractivity contribution >= 4 is 0 Å². The second-order valence-corrected chi connectivity index (χ2v) is 4.11. The van der Waals surface area contributed by atoms with E-state index in [4.69, 9.17) is 4.42 Å². The molecule has 0 amide bonds. The number of hydrogen-bond acceptors (Lipinski definition) is 4. The maximum absolute atomic E-state index is 13.9. The van der Waals surface area contributed by atoms with Crippen molar-refractivity contribution in [3.63, 3.8) is 0 Å². The number of nitrogens with one attached hydrogen (secondary N) is 1. The minimum Gasteiger partial charge on any atom is -0.419 e. The van der Waals surface area contributed by atoms with Crippen LogP contribution in [0, 0.1) is 12.7 Å². The van der Waals surface area contributed by atoms with E-state index in [9.17, 15) is 4.39 Å². The average molecular weight is 249 g/mol. The van der Waals surface area contributed by atoms with Crippen LogP contribution in [0.4, 0.5) is 4.39 Å². The number of rotatable bonds is 5. The van der Waals surface area contributed by atoms with Crippen LogP contribution in [0.1, 0.15) is 24.8 Å². The first-order valence-electron chi connectivity index (χ1n) is 6.01. The van der Waals surface area contributed by atoms with Gasteiger partial charge in [-0.3, -0.25) is 0 Å². The van der Waals surface area contributed by atoms with Crippen LogP contribution in [-0.4, -0.2) is 16.7 Å². The molecule has 0 aliphatic carbocycles. The molecule has 1 N–H and O–H groups in total. The van der Waals surface area contributed by atoms with E-state index in [1.54, 1.807) is 25.1 Å². The summed E-state index contributed by atoms with van der Waals surface area (Å²) < 4.78 is 19.3. The number of hydrogen-bond donors (Lipinski definition) is 1. The van der Waals surface area contributed by atoms with E-state index in [2.05, 4.69) is 22.4 Å². The lowest BCUT2D eigenvalue weighted by molar-refractivity contribution is 0.474. The Bertz CT molecular complexity index is 525. The van der Waals surface area contributed by atoms with Crippen molar-refractivity contribution in [2.45, 2.75) is 26.8 Å². The lowest BCUT2D eigenvalue weighted by Gasteiger charge is -2.00. The first-order chi connectivity index (χ1) is 8.72. The van der Waals surface area contributed by atoms with Gasteiger partial charge in [0, 0.05) is 0 Å². The summed E-state index contributed by atoms with van der Waals surface area (Å²) in [5.74, 6) is 0.387. The van der Waals surface area contributed by atoms with Crippen molar-refractivity contribution in [3.8, 4) is 11.5 Å². The molecule has 0 saturated carbocycles. The maximum Gasteiger partial charge on any atom is 0.250 e. The van der Waals surface area contributed by atoms with Crippen LogP contribution >= 0.6 is 0 Å². The highest BCUT2D eigenvalue weighted by atomic mass is 19.1. The Morgan fingerprint density at radius 1 is 1.33 bits per heavy atom. The number of benzene rings is 1. The van der Waals surface area contributed by atoms with Crippen LogP contribution in [0.15, 0.2) is 22.6 Å². The molecule has 0 aliphatic rings. The highest BCUT2D eigenvalue weighted by Crippen LogP contribution is 2.23. The van der Waals surface area contributed by atoms with Gasteiger partial charge in [-0.15, -0.1) is 10.2 Å². The molecule has 1 aromatic heterocycles. The molecule has 0 aliphatic heterocycles. The molecular formula is C13H16FN3O. The monoisotopic (exact) mass is 249 g/mol. The van der Waals surface area contributed by atoms with Crippen molar-refractivity contribution in [2.24, 2.45) is 0 Å². The Hall–Kier alpha value is -1.75. The zero-order valence-electron chi connectivity index (χ0n) is 10.5. The van der Waals surface area contributed by atoms with Crippen molar-refractivity contribution < 1.29 is 8.81 Å². The molecule has 96 valence electrons. The maximum atomic E-state index is 13.9. The molecule has 0 unspecified atom stereocenters. The van der Waals surface area contributed by atoms with Gasteiger partial charge in [0.05, 0.1) is 12.1 Å². The van der Waals surface area contributed by atoms with E-state index < -0.39 is 0 Å². The molecule has 5 heteroatoms. The van der Waals surface area contributed by atoms with Crippen molar-refractivity contribution in [1.29, 1.82) is 0 Å². The van der Waals surface area contributed by atoms with Crippen LogP contribution in [0.2, 0.25) is 0 Å². The molecule has 1 heterocycles. The third kappa shape index (κ3) is 2.73. The van der Waals surface area contributed by atoms with Gasteiger partial charge in [0.2, 0.25) is 5.89 Å². The topological polar surface area (TPSA) is 51.0 Å². The van der Waals surface area contributed by atoms with Crippen molar-refractivity contribution in [3.05, 3.63) is 35.5 Å². The van der Waals surface area contributed by atoms with Crippen molar-refractivity contribution in [2.75, 3.05) is 6.54 Å². The summed E-state index contributed by atoms with van der Waals surface area (Å²) in [4.78, 5) is 0. The molecular weight excluding hydrogens is 233 g/mol. The van der Waals surface area contributed by atoms with Gasteiger partial charge in [0.1, 0.15) is 5.82 Å². The fourth-order valence-corrected chi connectivity index (χ4v) is 1.62. The molecule has 1 aromatic carbocycles. The lowest BCUT2D eigenvalue weighted by atomic mass is 10.1. The largest absolute Gasteiger partial charge is 0.419 e. The highest BCUT2D eigenvalue weighted by Gasteiger charge is 2.13. The Labute approximate surface area is 105 Å². The van der Waals surface area contributed by atoms with Gasteiger partial charge in [-0.25, -0.2) is 4.39 Å². The number of aromatic nitrogens is 2. The molecule has 4 nitrogen and oxygen atoms in total. The van der Waals surface area contributed by atoms with Gasteiger partial charge in [-0.05, 0) is 31.5 Å². The molecule has 0 fully saturated rings. The molecule has 0 atom stereocenters. The number of aryl methyl sites for hydroxylation is 1. The standard InChI is InChI=1S/C13H16FN3O/c1-3-7-15-8-11-16-17-13(18-11)10-6-4-5-9(2)12(10)14/h4-6,15H,3,7-8H2,1-2H3. The lowest BCUT2D eigenvalue weighted by Crippen LogP contribution is -2.13. The zero-order chi connectivity index (χ0) is 13.0. The van der Waals surface area contributed by atoms with E-state index in [1.807, 2.05) is 0 Å². The third-order valence-corrected chi connectivity index (χ3v) is 2.59. The summed E-state index contributed by atoms with van der Waals surface area (Å²) in [6.45, 7) is 5.18. The molecule has 2 aromatic rings. The zero-order valence-corrected chi connectivity index (χ0v) is 10.5. The molecule has 0 saturated heterocycles. The minimum absolute atomic E-state index is 0.226. The van der Waals surface area contributed by atoms with Crippen LogP contribution in [-0.2, 0) is 6.54 Å². The summed E-state index contributed by atoms with van der Waals surface area (Å²) in [6.07, 6.45) is 1.04. The van der Waals surface area contributed by atoms with Gasteiger partial charge in [-0.2, -0.15) is 0 Å². The fourth-order valence-electron chi connectivity index (χ4n) is 1.62. The second kappa shape index (κ2) is 5.73. The second-order valence-electron chi connectivity index (χ2n) is 4.11. The van der Waals surface area contributed by atoms with Gasteiger partial charge >= 0.3 is 0 Å². The quantitative estimate of drug-likeness (QED) is 0.828. The van der Waals surface area contributed by atoms with Crippen LogP contribution in [0.5, 0.6) is 0 Å². The summed E-state index contributed by atoms with van der Waals surface area (Å²) >= 11 is 0. The normalized spacial score (nSPS) is 10.8. The predicted octanol–water partition coefficient (Wildman–Crippen LogP) is 2.68. The van der Waals surface area contributed by atoms with Crippen LogP contribution in [0.3, 0.4) is 0 Å². The summed E-state index contributed by atoms with van der Waals surface area (Å²) in [5.41, 5.74) is 0.917. The molecule has 18 heavy (non-hydrogen) atoms. The van der Waals surface area contributed by atoms with Crippen molar-refractivity contribution in [1.82, 2.24) is 15.5 Å². The SMILES string of the molecule is CCCNCc1nnc(-c2cccc(C)c2F)o1. The smallest absolute Gasteiger partial charge is 0.250 e. The molecule has 0 radical (unpaired) electrons. The van der Waals surface area contributed by atoms with Gasteiger partial charge in [-0.1, -0.05) is 19.1 Å². The number of nitrogens with zero attached hydrogens (tertiary/aromatic N) is 2. The third-order valence-electron chi connectivity index (χ3n) is 2.59. The summed E-state index contributed by atoms with van der Waals surface area (Å²) in [7, 11) is 0. The first-order valence-corrected chi connectivity index (χ1v) is 6.01. The van der Waals surface area contributed by atoms with Gasteiger partial charge in [0.25, 0.3) is 5.89 Å². The number of halogens is 1. The Morgan fingerprint density at radius 3 is 2.94 bits per heavy atom. The summed E-state index contributed by atoms with van der Waals surface area (Å²) in [5, 5.41) is 10.9. The van der Waals surface area contributed by atoms with Crippen LogP contribution < -0.4 is 5.32 Å². The van der Waals surface area contributed by atoms with E-state index in [1.165, 1.54) is 0 Å². The Kier molecular flexibility index (Phi) is 4.04. The van der Waals surface area contributed by atoms with E-state index in [-0.39, 0.29) is 11.7 Å². The highest BCUT2D eigenvalue weighted by molar-refractivity contribution is 5.54. The van der Waals surface area contributed by atoms with E-state index in [0.29, 0.717) is 23.6 Å². The molecule has 0 bridgehead atoms. The Morgan fingerprint density at radius 2 is 2.17 bits per heavy atom. The average Bonchev–Trinajstić information content (AvgIpc) is 2.82.